The lowest BCUT2D eigenvalue weighted by Crippen LogP contribution is -2.38. The van der Waals surface area contributed by atoms with Gasteiger partial charge in [0.15, 0.2) is 11.8 Å². The minimum absolute atomic E-state index is 0.294. The number of nitrogens with one attached hydrogen (secondary N) is 1. The van der Waals surface area contributed by atoms with E-state index in [9.17, 15) is 0 Å². The van der Waals surface area contributed by atoms with Crippen LogP contribution in [0, 0.1) is 0 Å². The van der Waals surface area contributed by atoms with Crippen molar-refractivity contribution in [3.63, 3.8) is 0 Å². The van der Waals surface area contributed by atoms with Crippen LogP contribution in [0.2, 0.25) is 0 Å². The zero-order valence-electron chi connectivity index (χ0n) is 16.0. The van der Waals surface area contributed by atoms with Crippen LogP contribution in [-0.2, 0) is 20.0 Å². The smallest absolute Gasteiger partial charge is 0.226 e. The Hall–Kier alpha value is -2.31. The molecule has 7 nitrogen and oxygen atoms in total. The normalized spacial score (nSPS) is 12.0. The second kappa shape index (κ2) is 9.25. The Morgan fingerprint density at radius 2 is 2.24 bits per heavy atom. The minimum atomic E-state index is 0.294. The third-order valence-electron chi connectivity index (χ3n) is 3.96. The lowest BCUT2D eigenvalue weighted by atomic mass is 10.2. The van der Waals surface area contributed by atoms with Gasteiger partial charge in [0.1, 0.15) is 0 Å². The molecule has 0 amide bonds. The van der Waals surface area contributed by atoms with Gasteiger partial charge in [0.05, 0.1) is 6.54 Å². The summed E-state index contributed by atoms with van der Waals surface area (Å²) in [7, 11) is 4.12. The van der Waals surface area contributed by atoms with Crippen LogP contribution in [0.4, 0.5) is 0 Å². The van der Waals surface area contributed by atoms with Crippen molar-refractivity contribution in [2.24, 2.45) is 12.0 Å². The first kappa shape index (κ1) is 19.0. The number of guanidine groups is 1. The van der Waals surface area contributed by atoms with Gasteiger partial charge in [-0.2, -0.15) is 4.98 Å². The molecule has 0 unspecified atom stereocenters. The first-order valence-electron chi connectivity index (χ1n) is 8.93. The van der Waals surface area contributed by atoms with Gasteiger partial charge in [0.2, 0.25) is 5.89 Å². The molecule has 0 fully saturated rings. The van der Waals surface area contributed by atoms with E-state index in [1.807, 2.05) is 0 Å². The van der Waals surface area contributed by atoms with Crippen molar-refractivity contribution in [1.82, 2.24) is 24.9 Å². The van der Waals surface area contributed by atoms with Crippen molar-refractivity contribution in [1.29, 1.82) is 0 Å². The molecule has 0 aliphatic heterocycles. The van der Waals surface area contributed by atoms with Crippen LogP contribution in [0.3, 0.4) is 0 Å². The summed E-state index contributed by atoms with van der Waals surface area (Å²) in [6, 6.07) is 4.19. The molecule has 0 radical (unpaired) electrons. The summed E-state index contributed by atoms with van der Waals surface area (Å²) >= 11 is 0. The van der Waals surface area contributed by atoms with E-state index in [2.05, 4.69) is 78.1 Å². The van der Waals surface area contributed by atoms with Crippen molar-refractivity contribution < 1.29 is 4.52 Å². The predicted octanol–water partition coefficient (Wildman–Crippen LogP) is 2.56. The van der Waals surface area contributed by atoms with Gasteiger partial charge in [-0.05, 0) is 25.5 Å². The van der Waals surface area contributed by atoms with Crippen LogP contribution in [0.15, 0.2) is 27.8 Å². The first-order chi connectivity index (χ1) is 12.0. The number of nitrogens with zero attached hydrogens (tertiary/aromatic N) is 5. The third-order valence-corrected chi connectivity index (χ3v) is 3.96. The lowest BCUT2D eigenvalue weighted by Gasteiger charge is -2.22. The van der Waals surface area contributed by atoms with Crippen molar-refractivity contribution in [3.05, 3.63) is 35.7 Å². The highest BCUT2D eigenvalue weighted by molar-refractivity contribution is 5.79. The monoisotopic (exact) mass is 346 g/mol. The Morgan fingerprint density at radius 1 is 1.44 bits per heavy atom. The van der Waals surface area contributed by atoms with Crippen LogP contribution in [-0.4, -0.2) is 45.7 Å². The van der Waals surface area contributed by atoms with E-state index >= 15 is 0 Å². The fraction of sp³-hybridized carbons (Fsp3) is 0.611. The maximum Gasteiger partial charge on any atom is 0.226 e. The first-order valence-corrected chi connectivity index (χ1v) is 8.93. The van der Waals surface area contributed by atoms with Gasteiger partial charge in [-0.25, -0.2) is 0 Å². The van der Waals surface area contributed by atoms with Crippen molar-refractivity contribution in [2.75, 3.05) is 20.1 Å². The molecule has 0 saturated carbocycles. The van der Waals surface area contributed by atoms with E-state index in [4.69, 9.17) is 9.52 Å². The summed E-state index contributed by atoms with van der Waals surface area (Å²) < 4.78 is 7.40. The molecule has 138 valence electrons. The molecule has 0 aromatic carbocycles. The Morgan fingerprint density at radius 3 is 2.84 bits per heavy atom. The molecular formula is C18H30N6O. The van der Waals surface area contributed by atoms with E-state index in [-0.39, 0.29) is 0 Å². The van der Waals surface area contributed by atoms with Gasteiger partial charge in [-0.15, -0.1) is 0 Å². The molecule has 0 bridgehead atoms. The van der Waals surface area contributed by atoms with Crippen molar-refractivity contribution in [2.45, 2.75) is 46.1 Å². The lowest BCUT2D eigenvalue weighted by molar-refractivity contribution is 0.369. The SMILES string of the molecule is CCNC(=NCCCc1nc(C(C)C)no1)N(C)Cc1cccn1C. The summed E-state index contributed by atoms with van der Waals surface area (Å²) in [5, 5.41) is 7.34. The van der Waals surface area contributed by atoms with Crippen LogP contribution in [0.25, 0.3) is 0 Å². The van der Waals surface area contributed by atoms with Crippen LogP contribution in [0.1, 0.15) is 50.5 Å². The van der Waals surface area contributed by atoms with E-state index in [1.165, 1.54) is 5.69 Å². The van der Waals surface area contributed by atoms with Gasteiger partial charge in [-0.1, -0.05) is 19.0 Å². The van der Waals surface area contributed by atoms with Crippen molar-refractivity contribution >= 4 is 5.96 Å². The Kier molecular flexibility index (Phi) is 7.03. The number of aliphatic imine (C=N–C) groups is 1. The molecule has 25 heavy (non-hydrogen) atoms. The van der Waals surface area contributed by atoms with Gasteiger partial charge >= 0.3 is 0 Å². The van der Waals surface area contributed by atoms with Crippen LogP contribution < -0.4 is 5.32 Å². The average molecular weight is 346 g/mol. The fourth-order valence-corrected chi connectivity index (χ4v) is 2.47. The topological polar surface area (TPSA) is 71.5 Å². The third kappa shape index (κ3) is 5.62. The predicted molar refractivity (Wildman–Crippen MR) is 99.6 cm³/mol. The quantitative estimate of drug-likeness (QED) is 0.452. The Labute approximate surface area is 150 Å². The Bertz CT molecular complexity index is 673. The summed E-state index contributed by atoms with van der Waals surface area (Å²) in [6.45, 7) is 8.58. The van der Waals surface area contributed by atoms with Crippen LogP contribution in [0.5, 0.6) is 0 Å². The Balaban J connectivity index is 1.86. The number of hydrogen-bond acceptors (Lipinski definition) is 4. The fourth-order valence-electron chi connectivity index (χ4n) is 2.47. The molecule has 0 aliphatic carbocycles. The molecular weight excluding hydrogens is 316 g/mol. The zero-order chi connectivity index (χ0) is 18.2. The molecule has 2 aromatic rings. The number of aromatic nitrogens is 3. The van der Waals surface area contributed by atoms with Crippen molar-refractivity contribution in [3.8, 4) is 0 Å². The highest BCUT2D eigenvalue weighted by Gasteiger charge is 2.10. The summed E-state index contributed by atoms with van der Waals surface area (Å²) in [4.78, 5) is 11.3. The molecule has 0 aliphatic rings. The van der Waals surface area contributed by atoms with E-state index in [1.54, 1.807) is 0 Å². The van der Waals surface area contributed by atoms with Gasteiger partial charge in [0, 0.05) is 51.4 Å². The molecule has 2 aromatic heterocycles. The molecule has 7 heteroatoms. The van der Waals surface area contributed by atoms with E-state index in [0.717, 1.165) is 44.3 Å². The largest absolute Gasteiger partial charge is 0.357 e. The number of aryl methyl sites for hydroxylation is 2. The van der Waals surface area contributed by atoms with Gasteiger partial charge in [0.25, 0.3) is 0 Å². The molecule has 2 rings (SSSR count). The molecule has 0 saturated heterocycles. The summed E-state index contributed by atoms with van der Waals surface area (Å²) in [5.41, 5.74) is 1.25. The van der Waals surface area contributed by atoms with Gasteiger partial charge < -0.3 is 19.3 Å². The van der Waals surface area contributed by atoms with E-state index in [0.29, 0.717) is 11.8 Å². The maximum absolute atomic E-state index is 5.27. The molecule has 0 spiro atoms. The summed E-state index contributed by atoms with van der Waals surface area (Å²) in [6.07, 6.45) is 3.69. The second-order valence-corrected chi connectivity index (χ2v) is 6.51. The highest BCUT2D eigenvalue weighted by Crippen LogP contribution is 2.10. The van der Waals surface area contributed by atoms with Gasteiger partial charge in [-0.3, -0.25) is 4.99 Å². The minimum Gasteiger partial charge on any atom is -0.357 e. The zero-order valence-corrected chi connectivity index (χ0v) is 16.0. The second-order valence-electron chi connectivity index (χ2n) is 6.51. The standard InChI is InChI=1S/C18H30N6O/c1-6-19-18(24(5)13-15-9-8-12-23(15)4)20-11-7-10-16-21-17(14(2)3)22-25-16/h8-9,12,14H,6-7,10-11,13H2,1-5H3,(H,19,20). The van der Waals surface area contributed by atoms with Crippen LogP contribution >= 0.6 is 0 Å². The average Bonchev–Trinajstić information content (AvgIpc) is 3.20. The summed E-state index contributed by atoms with van der Waals surface area (Å²) in [5.74, 6) is 2.68. The molecule has 2 heterocycles. The number of hydrogen-bond donors (Lipinski definition) is 1. The maximum atomic E-state index is 5.27. The molecule has 1 N–H and O–H groups in total. The number of rotatable bonds is 8. The highest BCUT2D eigenvalue weighted by atomic mass is 16.5. The molecule has 0 atom stereocenters. The van der Waals surface area contributed by atoms with E-state index < -0.39 is 0 Å².